The largest absolute Gasteiger partial charge is 0.497 e. The molecule has 0 spiro atoms. The van der Waals surface area contributed by atoms with Crippen molar-refractivity contribution in [3.63, 3.8) is 0 Å². The zero-order valence-electron chi connectivity index (χ0n) is 22.8. The van der Waals surface area contributed by atoms with Crippen molar-refractivity contribution in [2.75, 3.05) is 44.1 Å². The van der Waals surface area contributed by atoms with Crippen LogP contribution < -0.4 is 9.04 Å². The number of benzene rings is 3. The molecule has 0 atom stereocenters. The van der Waals surface area contributed by atoms with Crippen molar-refractivity contribution in [3.05, 3.63) is 88.0 Å². The van der Waals surface area contributed by atoms with Gasteiger partial charge in [0, 0.05) is 37.8 Å². The van der Waals surface area contributed by atoms with Crippen LogP contribution in [0.4, 0.5) is 11.4 Å². The number of hydrogen-bond acceptors (Lipinski definition) is 8. The van der Waals surface area contributed by atoms with E-state index in [0.29, 0.717) is 11.3 Å². The second kappa shape index (κ2) is 11.8. The van der Waals surface area contributed by atoms with Crippen LogP contribution in [-0.4, -0.2) is 76.7 Å². The highest BCUT2D eigenvalue weighted by Gasteiger charge is 2.34. The van der Waals surface area contributed by atoms with E-state index in [2.05, 4.69) is 0 Å². The van der Waals surface area contributed by atoms with E-state index >= 15 is 0 Å². The second-order valence-electron chi connectivity index (χ2n) is 9.51. The lowest BCUT2D eigenvalue weighted by atomic mass is 10.2. The molecule has 1 saturated heterocycles. The number of hydrogen-bond donors (Lipinski definition) is 0. The highest BCUT2D eigenvalue weighted by Crippen LogP contribution is 2.29. The first-order chi connectivity index (χ1) is 19.3. The van der Waals surface area contributed by atoms with Crippen LogP contribution in [0.2, 0.25) is 0 Å². The van der Waals surface area contributed by atoms with Gasteiger partial charge in [-0.3, -0.25) is 19.2 Å². The topological polar surface area (TPSA) is 147 Å². The van der Waals surface area contributed by atoms with Gasteiger partial charge < -0.3 is 9.64 Å². The van der Waals surface area contributed by atoms with E-state index in [0.717, 1.165) is 15.9 Å². The van der Waals surface area contributed by atoms with Crippen LogP contribution in [0, 0.1) is 24.0 Å². The SMILES string of the molecule is COc1ccc(N(CC(=O)N2CCN(S(=O)(=O)c3ccc(C)cc3)CC2)S(=O)(=O)c2ccc(C)c([N+](=O)[O-])c2)cc1. The van der Waals surface area contributed by atoms with Gasteiger partial charge in [0.2, 0.25) is 15.9 Å². The molecule has 0 bridgehead atoms. The lowest BCUT2D eigenvalue weighted by molar-refractivity contribution is -0.385. The molecular formula is C27H30N4O8S2. The Hall–Kier alpha value is -4.01. The van der Waals surface area contributed by atoms with Crippen LogP contribution in [-0.2, 0) is 24.8 Å². The molecule has 0 N–H and O–H groups in total. The Morgan fingerprint density at radius 3 is 2.05 bits per heavy atom. The molecule has 1 heterocycles. The molecule has 14 heteroatoms. The van der Waals surface area contributed by atoms with Gasteiger partial charge in [0.25, 0.3) is 15.7 Å². The summed E-state index contributed by atoms with van der Waals surface area (Å²) in [5.41, 5.74) is 1.01. The number of ether oxygens (including phenoxy) is 1. The fraction of sp³-hybridized carbons (Fsp3) is 0.296. The molecule has 1 amide bonds. The van der Waals surface area contributed by atoms with Gasteiger partial charge in [0.1, 0.15) is 12.3 Å². The lowest BCUT2D eigenvalue weighted by Crippen LogP contribution is -2.53. The third-order valence-corrected chi connectivity index (χ3v) is 10.5. The predicted octanol–water partition coefficient (Wildman–Crippen LogP) is 2.95. The van der Waals surface area contributed by atoms with Crippen molar-refractivity contribution in [1.29, 1.82) is 0 Å². The summed E-state index contributed by atoms with van der Waals surface area (Å²) < 4.78 is 61.0. The summed E-state index contributed by atoms with van der Waals surface area (Å²) in [5.74, 6) is -0.0762. The Labute approximate surface area is 239 Å². The molecule has 0 saturated carbocycles. The first kappa shape index (κ1) is 30.0. The molecule has 3 aromatic carbocycles. The van der Waals surface area contributed by atoms with Crippen molar-refractivity contribution in [1.82, 2.24) is 9.21 Å². The van der Waals surface area contributed by atoms with Gasteiger partial charge in [0.15, 0.2) is 0 Å². The number of aryl methyl sites for hydroxylation is 2. The van der Waals surface area contributed by atoms with E-state index in [4.69, 9.17) is 4.74 Å². The van der Waals surface area contributed by atoms with Crippen LogP contribution in [0.1, 0.15) is 11.1 Å². The summed E-state index contributed by atoms with van der Waals surface area (Å²) in [5, 5.41) is 11.5. The molecule has 0 aliphatic carbocycles. The van der Waals surface area contributed by atoms with Crippen molar-refractivity contribution in [2.24, 2.45) is 0 Å². The van der Waals surface area contributed by atoms with Gasteiger partial charge in [-0.1, -0.05) is 23.8 Å². The van der Waals surface area contributed by atoms with Crippen molar-refractivity contribution in [2.45, 2.75) is 23.6 Å². The molecule has 4 rings (SSSR count). The number of nitro groups is 1. The van der Waals surface area contributed by atoms with Gasteiger partial charge in [-0.25, -0.2) is 16.8 Å². The van der Waals surface area contributed by atoms with Crippen molar-refractivity contribution >= 4 is 37.3 Å². The molecule has 3 aromatic rings. The molecule has 218 valence electrons. The fourth-order valence-corrected chi connectivity index (χ4v) is 7.25. The molecule has 12 nitrogen and oxygen atoms in total. The molecular weight excluding hydrogens is 572 g/mol. The maximum Gasteiger partial charge on any atom is 0.273 e. The molecule has 0 aromatic heterocycles. The Morgan fingerprint density at radius 2 is 1.49 bits per heavy atom. The number of sulfonamides is 2. The van der Waals surface area contributed by atoms with Crippen LogP contribution >= 0.6 is 0 Å². The van der Waals surface area contributed by atoms with E-state index < -0.39 is 37.4 Å². The normalized spacial score (nSPS) is 14.5. The maximum atomic E-state index is 13.8. The summed E-state index contributed by atoms with van der Waals surface area (Å²) in [6, 6.07) is 16.1. The number of carbonyl (C=O) groups excluding carboxylic acids is 1. The minimum Gasteiger partial charge on any atom is -0.497 e. The summed E-state index contributed by atoms with van der Waals surface area (Å²) in [4.78, 5) is 25.4. The first-order valence-electron chi connectivity index (χ1n) is 12.6. The number of carbonyl (C=O) groups is 1. The minimum absolute atomic E-state index is 0.0430. The molecule has 1 aliphatic rings. The van der Waals surface area contributed by atoms with E-state index in [1.54, 1.807) is 12.1 Å². The highest BCUT2D eigenvalue weighted by molar-refractivity contribution is 7.92. The first-order valence-corrected chi connectivity index (χ1v) is 15.5. The van der Waals surface area contributed by atoms with Crippen LogP contribution in [0.25, 0.3) is 0 Å². The second-order valence-corrected chi connectivity index (χ2v) is 13.3. The average Bonchev–Trinajstić information content (AvgIpc) is 2.96. The van der Waals surface area contributed by atoms with Gasteiger partial charge in [-0.2, -0.15) is 4.31 Å². The van der Waals surface area contributed by atoms with Gasteiger partial charge in [-0.15, -0.1) is 0 Å². The monoisotopic (exact) mass is 602 g/mol. The van der Waals surface area contributed by atoms with Gasteiger partial charge in [0.05, 0.1) is 27.5 Å². The Bertz CT molecular complexity index is 1650. The Kier molecular flexibility index (Phi) is 8.66. The minimum atomic E-state index is -4.42. The van der Waals surface area contributed by atoms with Gasteiger partial charge in [-0.05, 0) is 56.3 Å². The number of anilines is 1. The fourth-order valence-electron chi connectivity index (χ4n) is 4.40. The number of piperazine rings is 1. The maximum absolute atomic E-state index is 13.8. The van der Waals surface area contributed by atoms with E-state index in [1.165, 1.54) is 71.8 Å². The summed E-state index contributed by atoms with van der Waals surface area (Å²) in [6.07, 6.45) is 0. The zero-order chi connectivity index (χ0) is 29.9. The zero-order valence-corrected chi connectivity index (χ0v) is 24.4. The Balaban J connectivity index is 1.58. The summed E-state index contributed by atoms with van der Waals surface area (Å²) in [6.45, 7) is 2.98. The molecule has 0 radical (unpaired) electrons. The molecule has 1 aliphatic heterocycles. The summed E-state index contributed by atoms with van der Waals surface area (Å²) in [7, 11) is -6.72. The number of amides is 1. The molecule has 1 fully saturated rings. The average molecular weight is 603 g/mol. The van der Waals surface area contributed by atoms with Crippen molar-refractivity contribution < 1.29 is 31.3 Å². The molecule has 0 unspecified atom stereocenters. The highest BCUT2D eigenvalue weighted by atomic mass is 32.2. The number of methoxy groups -OCH3 is 1. The van der Waals surface area contributed by atoms with E-state index in [9.17, 15) is 31.7 Å². The smallest absolute Gasteiger partial charge is 0.273 e. The number of rotatable bonds is 9. The Morgan fingerprint density at radius 1 is 0.902 bits per heavy atom. The van der Waals surface area contributed by atoms with Crippen LogP contribution in [0.15, 0.2) is 76.5 Å². The molecule has 41 heavy (non-hydrogen) atoms. The third kappa shape index (κ3) is 6.34. The summed E-state index contributed by atoms with van der Waals surface area (Å²) >= 11 is 0. The van der Waals surface area contributed by atoms with E-state index in [1.807, 2.05) is 6.92 Å². The van der Waals surface area contributed by atoms with Gasteiger partial charge >= 0.3 is 0 Å². The van der Waals surface area contributed by atoms with Crippen LogP contribution in [0.5, 0.6) is 5.75 Å². The number of nitro benzene ring substituents is 1. The standard InChI is InChI=1S/C27H30N4O8S2/c1-20-4-11-24(12-5-20)40(35,36)29-16-14-28(15-17-29)27(32)19-30(22-7-9-23(39-3)10-8-22)41(37,38)25-13-6-21(2)26(18-25)31(33)34/h4-13,18H,14-17,19H2,1-3H3. The van der Waals surface area contributed by atoms with Crippen LogP contribution in [0.3, 0.4) is 0 Å². The van der Waals surface area contributed by atoms with Crippen molar-refractivity contribution in [3.8, 4) is 5.75 Å². The third-order valence-electron chi connectivity index (χ3n) is 6.85. The number of nitrogens with zero attached hydrogens (tertiary/aromatic N) is 4. The van der Waals surface area contributed by atoms with E-state index in [-0.39, 0.29) is 47.3 Å². The lowest BCUT2D eigenvalue weighted by Gasteiger charge is -2.35. The predicted molar refractivity (Wildman–Crippen MR) is 152 cm³/mol. The quantitative estimate of drug-likeness (QED) is 0.268.